The molecule has 29 heavy (non-hydrogen) atoms. The van der Waals surface area contributed by atoms with Gasteiger partial charge >= 0.3 is 0 Å². The van der Waals surface area contributed by atoms with E-state index >= 15 is 0 Å². The fraction of sp³-hybridized carbons (Fsp3) is 0.348. The first-order chi connectivity index (χ1) is 14.1. The quantitative estimate of drug-likeness (QED) is 0.512. The molecule has 1 aromatic heterocycles. The number of aromatic nitrogens is 2. The molecule has 0 aliphatic heterocycles. The summed E-state index contributed by atoms with van der Waals surface area (Å²) in [6.45, 7) is 4.74. The number of benzene rings is 2. The summed E-state index contributed by atoms with van der Waals surface area (Å²) in [7, 11) is 0. The molecule has 0 atom stereocenters. The van der Waals surface area contributed by atoms with Crippen LogP contribution >= 0.6 is 11.3 Å². The molecule has 1 N–H and O–H groups in total. The predicted octanol–water partition coefficient (Wildman–Crippen LogP) is 4.99. The normalized spacial score (nSPS) is 10.7. The van der Waals surface area contributed by atoms with E-state index in [2.05, 4.69) is 65.8 Å². The fourth-order valence-corrected chi connectivity index (χ4v) is 3.61. The van der Waals surface area contributed by atoms with Gasteiger partial charge in [-0.25, -0.2) is 0 Å². The van der Waals surface area contributed by atoms with Gasteiger partial charge in [-0.15, -0.1) is 10.2 Å². The lowest BCUT2D eigenvalue weighted by atomic mass is 10.1. The van der Waals surface area contributed by atoms with Crippen molar-refractivity contribution in [2.45, 2.75) is 46.0 Å². The molecule has 5 nitrogen and oxygen atoms in total. The van der Waals surface area contributed by atoms with Gasteiger partial charge < -0.3 is 10.1 Å². The Morgan fingerprint density at radius 1 is 1.00 bits per heavy atom. The van der Waals surface area contributed by atoms with Gasteiger partial charge in [0.1, 0.15) is 10.8 Å². The van der Waals surface area contributed by atoms with Crippen LogP contribution in [0.5, 0.6) is 5.75 Å². The van der Waals surface area contributed by atoms with Gasteiger partial charge in [-0.3, -0.25) is 4.79 Å². The fourth-order valence-electron chi connectivity index (χ4n) is 2.87. The van der Waals surface area contributed by atoms with Crippen LogP contribution in [0.3, 0.4) is 0 Å². The van der Waals surface area contributed by atoms with Gasteiger partial charge in [-0.05, 0) is 49.4 Å². The highest BCUT2D eigenvalue weighted by atomic mass is 32.1. The predicted molar refractivity (Wildman–Crippen MR) is 118 cm³/mol. The molecule has 3 aromatic rings. The first-order valence-corrected chi connectivity index (χ1v) is 10.8. The molecule has 0 spiro atoms. The lowest BCUT2D eigenvalue weighted by Crippen LogP contribution is -2.11. The second-order valence-corrected chi connectivity index (χ2v) is 8.05. The van der Waals surface area contributed by atoms with Crippen LogP contribution in [0, 0.1) is 6.92 Å². The van der Waals surface area contributed by atoms with Crippen LogP contribution in [-0.4, -0.2) is 22.7 Å². The van der Waals surface area contributed by atoms with Crippen molar-refractivity contribution in [2.75, 3.05) is 11.9 Å². The second kappa shape index (κ2) is 10.7. The number of nitrogens with zero attached hydrogens (tertiary/aromatic N) is 2. The minimum Gasteiger partial charge on any atom is -0.493 e. The molecule has 2 aromatic carbocycles. The molecule has 0 bridgehead atoms. The number of aryl methyl sites for hydroxylation is 3. The Kier molecular flexibility index (Phi) is 7.76. The Bertz CT molecular complexity index is 905. The topological polar surface area (TPSA) is 64.1 Å². The van der Waals surface area contributed by atoms with E-state index in [1.54, 1.807) is 0 Å². The van der Waals surface area contributed by atoms with E-state index in [4.69, 9.17) is 4.74 Å². The molecule has 0 radical (unpaired) electrons. The van der Waals surface area contributed by atoms with Crippen molar-refractivity contribution >= 4 is 22.4 Å². The lowest BCUT2D eigenvalue weighted by Gasteiger charge is -2.05. The highest BCUT2D eigenvalue weighted by Gasteiger charge is 2.09. The zero-order valence-corrected chi connectivity index (χ0v) is 17.8. The van der Waals surface area contributed by atoms with Crippen molar-refractivity contribution < 1.29 is 9.53 Å². The van der Waals surface area contributed by atoms with E-state index in [0.29, 0.717) is 24.6 Å². The van der Waals surface area contributed by atoms with E-state index in [1.165, 1.54) is 28.0 Å². The van der Waals surface area contributed by atoms with Crippen molar-refractivity contribution in [3.05, 3.63) is 70.2 Å². The third-order valence-corrected chi connectivity index (χ3v) is 5.52. The summed E-state index contributed by atoms with van der Waals surface area (Å²) in [6.07, 6.45) is 3.86. The molecule has 0 aliphatic rings. The summed E-state index contributed by atoms with van der Waals surface area (Å²) >= 11 is 1.40. The summed E-state index contributed by atoms with van der Waals surface area (Å²) in [5, 5.41) is 12.4. The summed E-state index contributed by atoms with van der Waals surface area (Å²) in [6, 6.07) is 16.6. The van der Waals surface area contributed by atoms with Crippen molar-refractivity contribution in [1.82, 2.24) is 10.2 Å². The van der Waals surface area contributed by atoms with Gasteiger partial charge in [0, 0.05) is 12.8 Å². The largest absolute Gasteiger partial charge is 0.493 e. The van der Waals surface area contributed by atoms with Crippen LogP contribution in [0.1, 0.15) is 41.5 Å². The summed E-state index contributed by atoms with van der Waals surface area (Å²) < 4.78 is 5.75. The number of nitrogens with one attached hydrogen (secondary N) is 1. The SMILES string of the molecule is CCc1ccc(OCCc2nnc(NC(=O)CCCc3ccc(C)cc3)s2)cc1. The van der Waals surface area contributed by atoms with Crippen molar-refractivity contribution in [2.24, 2.45) is 0 Å². The lowest BCUT2D eigenvalue weighted by molar-refractivity contribution is -0.116. The van der Waals surface area contributed by atoms with E-state index in [-0.39, 0.29) is 5.91 Å². The molecule has 0 aliphatic carbocycles. The first kappa shape index (κ1) is 21.0. The zero-order valence-electron chi connectivity index (χ0n) is 17.0. The Morgan fingerprint density at radius 2 is 1.72 bits per heavy atom. The average Bonchev–Trinajstić information content (AvgIpc) is 3.17. The Balaban J connectivity index is 1.36. The monoisotopic (exact) mass is 409 g/mol. The number of carbonyl (C=O) groups excluding carboxylic acids is 1. The van der Waals surface area contributed by atoms with Crippen LogP contribution in [0.25, 0.3) is 0 Å². The van der Waals surface area contributed by atoms with Crippen LogP contribution in [0.2, 0.25) is 0 Å². The molecule has 0 unspecified atom stereocenters. The Morgan fingerprint density at radius 3 is 2.45 bits per heavy atom. The highest BCUT2D eigenvalue weighted by molar-refractivity contribution is 7.15. The molecular weight excluding hydrogens is 382 g/mol. The van der Waals surface area contributed by atoms with Crippen LogP contribution in [-0.2, 0) is 24.1 Å². The molecule has 0 saturated heterocycles. The maximum Gasteiger partial charge on any atom is 0.226 e. The summed E-state index contributed by atoms with van der Waals surface area (Å²) in [5.41, 5.74) is 3.80. The van der Waals surface area contributed by atoms with Gasteiger partial charge in [0.2, 0.25) is 11.0 Å². The van der Waals surface area contributed by atoms with Crippen molar-refractivity contribution in [3.8, 4) is 5.75 Å². The maximum atomic E-state index is 12.1. The number of amides is 1. The second-order valence-electron chi connectivity index (χ2n) is 6.98. The van der Waals surface area contributed by atoms with Crippen molar-refractivity contribution in [3.63, 3.8) is 0 Å². The molecule has 0 fully saturated rings. The first-order valence-electron chi connectivity index (χ1n) is 10.0. The van der Waals surface area contributed by atoms with E-state index in [0.717, 1.165) is 30.0 Å². The number of hydrogen-bond donors (Lipinski definition) is 1. The Hall–Kier alpha value is -2.73. The summed E-state index contributed by atoms with van der Waals surface area (Å²) in [4.78, 5) is 12.1. The third-order valence-electron chi connectivity index (χ3n) is 4.62. The number of hydrogen-bond acceptors (Lipinski definition) is 5. The molecule has 0 saturated carbocycles. The van der Waals surface area contributed by atoms with Gasteiger partial charge in [-0.1, -0.05) is 60.2 Å². The minimum absolute atomic E-state index is 0.0212. The number of ether oxygens (including phenoxy) is 1. The molecule has 1 heterocycles. The van der Waals surface area contributed by atoms with Gasteiger partial charge in [-0.2, -0.15) is 0 Å². The van der Waals surface area contributed by atoms with E-state index < -0.39 is 0 Å². The average molecular weight is 410 g/mol. The molecule has 3 rings (SSSR count). The number of rotatable bonds is 10. The molecule has 152 valence electrons. The maximum absolute atomic E-state index is 12.1. The van der Waals surface area contributed by atoms with Crippen molar-refractivity contribution in [1.29, 1.82) is 0 Å². The standard InChI is InChI=1S/C23H27N3O2S/c1-3-18-11-13-20(14-12-18)28-16-15-22-25-26-23(29-22)24-21(27)6-4-5-19-9-7-17(2)8-10-19/h7-14H,3-6,15-16H2,1-2H3,(H,24,26,27). The third kappa shape index (κ3) is 6.98. The van der Waals surface area contributed by atoms with Gasteiger partial charge in [0.25, 0.3) is 0 Å². The highest BCUT2D eigenvalue weighted by Crippen LogP contribution is 2.18. The Labute approximate surface area is 176 Å². The van der Waals surface area contributed by atoms with Crippen LogP contribution < -0.4 is 10.1 Å². The molecule has 1 amide bonds. The van der Waals surface area contributed by atoms with Gasteiger partial charge in [0.05, 0.1) is 6.61 Å². The molecular formula is C23H27N3O2S. The van der Waals surface area contributed by atoms with Crippen LogP contribution in [0.15, 0.2) is 48.5 Å². The smallest absolute Gasteiger partial charge is 0.226 e. The van der Waals surface area contributed by atoms with E-state index in [9.17, 15) is 4.79 Å². The number of carbonyl (C=O) groups is 1. The minimum atomic E-state index is -0.0212. The molecule has 6 heteroatoms. The van der Waals surface area contributed by atoms with Gasteiger partial charge in [0.15, 0.2) is 0 Å². The van der Waals surface area contributed by atoms with Crippen LogP contribution in [0.4, 0.5) is 5.13 Å². The zero-order chi connectivity index (χ0) is 20.5. The number of anilines is 1. The summed E-state index contributed by atoms with van der Waals surface area (Å²) in [5.74, 6) is 0.834. The van der Waals surface area contributed by atoms with E-state index in [1.807, 2.05) is 12.1 Å².